The molecule has 0 aromatic heterocycles. The largest absolute Gasteiger partial charge is 0.310 e. The Morgan fingerprint density at radius 2 is 0.696 bits per heavy atom. The smallest absolute Gasteiger partial charge is 0.0714 e. The Morgan fingerprint density at radius 3 is 1.32 bits per heavy atom. The average Bonchev–Trinajstić information content (AvgIpc) is 3.58. The molecule has 9 aromatic carbocycles. The highest BCUT2D eigenvalue weighted by atomic mass is 15.1. The lowest BCUT2D eigenvalue weighted by molar-refractivity contribution is 0.768. The van der Waals surface area contributed by atoms with E-state index >= 15 is 0 Å². The van der Waals surface area contributed by atoms with Gasteiger partial charge in [-0.25, -0.2) is 0 Å². The van der Waals surface area contributed by atoms with Gasteiger partial charge in [-0.2, -0.15) is 0 Å². The Labute approximate surface area is 329 Å². The van der Waals surface area contributed by atoms with Crippen LogP contribution in [0.5, 0.6) is 0 Å². The van der Waals surface area contributed by atoms with E-state index in [-0.39, 0.29) is 0 Å². The van der Waals surface area contributed by atoms with Crippen molar-refractivity contribution in [3.63, 3.8) is 0 Å². The van der Waals surface area contributed by atoms with E-state index in [0.29, 0.717) is 0 Å². The molecule has 0 saturated carbocycles. The maximum Gasteiger partial charge on any atom is 0.0714 e. The molecular formula is C55H39N. The van der Waals surface area contributed by atoms with E-state index in [0.717, 1.165) is 17.1 Å². The summed E-state index contributed by atoms with van der Waals surface area (Å²) in [5, 5.41) is 0. The molecule has 0 fully saturated rings. The maximum absolute atomic E-state index is 2.46. The van der Waals surface area contributed by atoms with E-state index in [9.17, 15) is 0 Å². The van der Waals surface area contributed by atoms with Gasteiger partial charge in [0.25, 0.3) is 0 Å². The van der Waals surface area contributed by atoms with Crippen molar-refractivity contribution in [2.24, 2.45) is 0 Å². The fourth-order valence-electron chi connectivity index (χ4n) is 8.82. The van der Waals surface area contributed by atoms with Crippen LogP contribution in [0.15, 0.2) is 237 Å². The molecule has 10 rings (SSSR count). The second-order valence-corrected chi connectivity index (χ2v) is 14.5. The lowest BCUT2D eigenvalue weighted by Gasteiger charge is -2.35. The Hall–Kier alpha value is -7.22. The lowest BCUT2D eigenvalue weighted by atomic mass is 9.67. The van der Waals surface area contributed by atoms with Crippen LogP contribution < -0.4 is 4.90 Å². The predicted molar refractivity (Wildman–Crippen MR) is 235 cm³/mol. The third kappa shape index (κ3) is 5.65. The van der Waals surface area contributed by atoms with Gasteiger partial charge < -0.3 is 4.90 Å². The highest BCUT2D eigenvalue weighted by molar-refractivity contribution is 5.92. The second kappa shape index (κ2) is 14.2. The molecule has 0 amide bonds. The molecular weight excluding hydrogens is 675 g/mol. The summed E-state index contributed by atoms with van der Waals surface area (Å²) >= 11 is 0. The molecule has 1 aliphatic rings. The summed E-state index contributed by atoms with van der Waals surface area (Å²) in [6, 6.07) is 86.2. The zero-order valence-corrected chi connectivity index (χ0v) is 31.0. The van der Waals surface area contributed by atoms with Crippen LogP contribution in [0.4, 0.5) is 17.1 Å². The normalized spacial score (nSPS) is 14.1. The van der Waals surface area contributed by atoms with Crippen LogP contribution in [0.3, 0.4) is 0 Å². The van der Waals surface area contributed by atoms with E-state index in [1.165, 1.54) is 66.8 Å². The first-order valence-corrected chi connectivity index (χ1v) is 19.3. The Kier molecular flexibility index (Phi) is 8.46. The van der Waals surface area contributed by atoms with Crippen molar-refractivity contribution in [1.82, 2.24) is 0 Å². The third-order valence-corrected chi connectivity index (χ3v) is 11.4. The van der Waals surface area contributed by atoms with Crippen molar-refractivity contribution in [2.75, 3.05) is 4.90 Å². The van der Waals surface area contributed by atoms with E-state index in [1.807, 2.05) is 0 Å². The summed E-state index contributed by atoms with van der Waals surface area (Å²) in [7, 11) is 0. The summed E-state index contributed by atoms with van der Waals surface area (Å²) in [5.74, 6) is 0. The quantitative estimate of drug-likeness (QED) is 0.152. The SMILES string of the molecule is c1ccc(-c2ccc(N(c3ccc4c(c3)C(c3ccccc3)(c3ccc(-c5ccccc5)cc3)c3ccccc3-4)c3ccccc3-c3ccccc3)cc2)cc1. The summed E-state index contributed by atoms with van der Waals surface area (Å²) in [6.07, 6.45) is 0. The van der Waals surface area contributed by atoms with Gasteiger partial charge >= 0.3 is 0 Å². The molecule has 1 unspecified atom stereocenters. The number of hydrogen-bond acceptors (Lipinski definition) is 1. The van der Waals surface area contributed by atoms with Gasteiger partial charge in [0.05, 0.1) is 11.1 Å². The van der Waals surface area contributed by atoms with Crippen LogP contribution in [0, 0.1) is 0 Å². The molecule has 0 aliphatic heterocycles. The van der Waals surface area contributed by atoms with Crippen molar-refractivity contribution in [3.05, 3.63) is 259 Å². The van der Waals surface area contributed by atoms with E-state index in [1.54, 1.807) is 0 Å². The molecule has 0 radical (unpaired) electrons. The first-order valence-electron chi connectivity index (χ1n) is 19.3. The molecule has 1 aliphatic carbocycles. The summed E-state index contributed by atoms with van der Waals surface area (Å²) in [5.41, 5.74) is 17.6. The first kappa shape index (κ1) is 33.4. The number of nitrogens with zero attached hydrogens (tertiary/aromatic N) is 1. The van der Waals surface area contributed by atoms with Crippen LogP contribution in [0.2, 0.25) is 0 Å². The molecule has 1 atom stereocenters. The molecule has 1 nitrogen and oxygen atoms in total. The highest BCUT2D eigenvalue weighted by Crippen LogP contribution is 2.57. The van der Waals surface area contributed by atoms with Crippen molar-refractivity contribution >= 4 is 17.1 Å². The van der Waals surface area contributed by atoms with Crippen LogP contribution >= 0.6 is 0 Å². The standard InChI is InChI=1S/C55H39N/c1-5-17-40(18-6-1)42-29-33-46(34-30-42)55(45-23-11-4-12-24-45)52-27-15-13-26-50(52)51-38-37-48(39-53(51)55)56(47-35-31-43(32-36-47)41-19-7-2-8-20-41)54-28-16-14-25-49(54)44-21-9-3-10-22-44/h1-39H. The Balaban J connectivity index is 1.21. The minimum atomic E-state index is -0.541. The van der Waals surface area contributed by atoms with Gasteiger partial charge in [-0.05, 0) is 91.5 Å². The molecule has 0 saturated heterocycles. The van der Waals surface area contributed by atoms with Gasteiger partial charge in [0.1, 0.15) is 0 Å². The number of rotatable bonds is 8. The highest BCUT2D eigenvalue weighted by Gasteiger charge is 2.46. The molecule has 9 aromatic rings. The topological polar surface area (TPSA) is 3.24 Å². The number of anilines is 3. The summed E-state index contributed by atoms with van der Waals surface area (Å²) < 4.78 is 0. The zero-order chi connectivity index (χ0) is 37.3. The van der Waals surface area contributed by atoms with Crippen LogP contribution in [-0.4, -0.2) is 0 Å². The molecule has 264 valence electrons. The predicted octanol–water partition coefficient (Wildman–Crippen LogP) is 14.5. The number of fused-ring (bicyclic) bond motifs is 3. The fraction of sp³-hybridized carbons (Fsp3) is 0.0182. The molecule has 56 heavy (non-hydrogen) atoms. The molecule has 0 bridgehead atoms. The second-order valence-electron chi connectivity index (χ2n) is 14.5. The monoisotopic (exact) mass is 713 g/mol. The Morgan fingerprint density at radius 1 is 0.268 bits per heavy atom. The van der Waals surface area contributed by atoms with Crippen molar-refractivity contribution in [3.8, 4) is 44.5 Å². The fourth-order valence-corrected chi connectivity index (χ4v) is 8.82. The van der Waals surface area contributed by atoms with Crippen LogP contribution in [0.1, 0.15) is 22.3 Å². The van der Waals surface area contributed by atoms with Crippen LogP contribution in [-0.2, 0) is 5.41 Å². The third-order valence-electron chi connectivity index (χ3n) is 11.4. The zero-order valence-electron chi connectivity index (χ0n) is 31.0. The van der Waals surface area contributed by atoms with E-state index in [4.69, 9.17) is 0 Å². The Bertz CT molecular complexity index is 2760. The van der Waals surface area contributed by atoms with Gasteiger partial charge in [0.2, 0.25) is 0 Å². The average molecular weight is 714 g/mol. The molecule has 0 N–H and O–H groups in total. The van der Waals surface area contributed by atoms with E-state index < -0.39 is 5.41 Å². The van der Waals surface area contributed by atoms with Crippen molar-refractivity contribution in [2.45, 2.75) is 5.41 Å². The van der Waals surface area contributed by atoms with Gasteiger partial charge in [-0.15, -0.1) is 0 Å². The first-order chi connectivity index (χ1) is 27.8. The number of benzene rings is 9. The van der Waals surface area contributed by atoms with Crippen LogP contribution in [0.25, 0.3) is 44.5 Å². The van der Waals surface area contributed by atoms with Crippen molar-refractivity contribution < 1.29 is 0 Å². The minimum Gasteiger partial charge on any atom is -0.310 e. The number of hydrogen-bond donors (Lipinski definition) is 0. The molecule has 0 heterocycles. The minimum absolute atomic E-state index is 0.541. The molecule has 1 heteroatoms. The summed E-state index contributed by atoms with van der Waals surface area (Å²) in [4.78, 5) is 2.44. The van der Waals surface area contributed by atoms with E-state index in [2.05, 4.69) is 241 Å². The molecule has 0 spiro atoms. The van der Waals surface area contributed by atoms with Gasteiger partial charge in [-0.3, -0.25) is 0 Å². The van der Waals surface area contributed by atoms with Gasteiger partial charge in [0.15, 0.2) is 0 Å². The lowest BCUT2D eigenvalue weighted by Crippen LogP contribution is -2.28. The number of para-hydroxylation sites is 1. The maximum atomic E-state index is 2.46. The summed E-state index contributed by atoms with van der Waals surface area (Å²) in [6.45, 7) is 0. The van der Waals surface area contributed by atoms with Crippen molar-refractivity contribution in [1.29, 1.82) is 0 Å². The van der Waals surface area contributed by atoms with Gasteiger partial charge in [0, 0.05) is 16.9 Å². The van der Waals surface area contributed by atoms with Gasteiger partial charge in [-0.1, -0.05) is 206 Å².